The van der Waals surface area contributed by atoms with Gasteiger partial charge in [0.15, 0.2) is 0 Å². The molecule has 1 aliphatic rings. The lowest BCUT2D eigenvalue weighted by molar-refractivity contribution is 0.431. The molecule has 0 fully saturated rings. The maximum atomic E-state index is 5.99. The molecule has 0 unspecified atom stereocenters. The summed E-state index contributed by atoms with van der Waals surface area (Å²) in [6.07, 6.45) is 1.95. The molecule has 2 aromatic carbocycles. The predicted octanol–water partition coefficient (Wildman–Crippen LogP) is 4.39. The van der Waals surface area contributed by atoms with Gasteiger partial charge in [0, 0.05) is 29.2 Å². The molecule has 1 N–H and O–H groups in total. The van der Waals surface area contributed by atoms with E-state index in [4.69, 9.17) is 4.74 Å². The molecule has 0 saturated carbocycles. The lowest BCUT2D eigenvalue weighted by atomic mass is 9.94. The fraction of sp³-hybridized carbons (Fsp3) is 0.222. The van der Waals surface area contributed by atoms with Crippen molar-refractivity contribution in [2.45, 2.75) is 6.04 Å². The van der Waals surface area contributed by atoms with Gasteiger partial charge in [-0.15, -0.1) is 6.58 Å². The number of rotatable bonds is 6. The monoisotopic (exact) mass is 297 g/mol. The lowest BCUT2D eigenvalue weighted by Gasteiger charge is -2.29. The number of hydrogen-bond acceptors (Lipinski definition) is 3. The van der Waals surface area contributed by atoms with Gasteiger partial charge >= 0.3 is 0 Å². The first-order chi connectivity index (χ1) is 10.4. The fourth-order valence-electron chi connectivity index (χ4n) is 2.57. The summed E-state index contributed by atoms with van der Waals surface area (Å²) in [5.41, 5.74) is 2.43. The van der Waals surface area contributed by atoms with Crippen molar-refractivity contribution in [3.63, 3.8) is 0 Å². The number of hydrogen-bond donors (Lipinski definition) is 1. The molecular weight excluding hydrogens is 278 g/mol. The second-order valence-electron chi connectivity index (χ2n) is 4.93. The SMILES string of the molecule is C=CCSCCNC1c2ccccc2Oc2ccccc21. The smallest absolute Gasteiger partial charge is 0.132 e. The molecule has 0 aromatic heterocycles. The van der Waals surface area contributed by atoms with Crippen molar-refractivity contribution >= 4 is 11.8 Å². The molecule has 1 heterocycles. The Labute approximate surface area is 130 Å². The van der Waals surface area contributed by atoms with Crippen LogP contribution in [-0.4, -0.2) is 18.1 Å². The van der Waals surface area contributed by atoms with Crippen molar-refractivity contribution in [2.24, 2.45) is 0 Å². The summed E-state index contributed by atoms with van der Waals surface area (Å²) in [6.45, 7) is 4.71. The molecule has 21 heavy (non-hydrogen) atoms. The van der Waals surface area contributed by atoms with Crippen LogP contribution in [-0.2, 0) is 0 Å². The number of fused-ring (bicyclic) bond motifs is 2. The Morgan fingerprint density at radius 1 is 1.05 bits per heavy atom. The molecule has 0 spiro atoms. The molecular formula is C18H19NOS. The van der Waals surface area contributed by atoms with Crippen LogP contribution >= 0.6 is 11.8 Å². The molecule has 0 radical (unpaired) electrons. The van der Waals surface area contributed by atoms with Crippen LogP contribution < -0.4 is 10.1 Å². The topological polar surface area (TPSA) is 21.3 Å². The predicted molar refractivity (Wildman–Crippen MR) is 90.3 cm³/mol. The van der Waals surface area contributed by atoms with Crippen LogP contribution in [0.1, 0.15) is 17.2 Å². The zero-order chi connectivity index (χ0) is 14.5. The first-order valence-corrected chi connectivity index (χ1v) is 8.33. The minimum absolute atomic E-state index is 0.204. The Morgan fingerprint density at radius 2 is 1.67 bits per heavy atom. The van der Waals surface area contributed by atoms with Gasteiger partial charge in [-0.05, 0) is 12.1 Å². The molecule has 0 aliphatic carbocycles. The first-order valence-electron chi connectivity index (χ1n) is 7.18. The molecule has 3 rings (SSSR count). The number of thioether (sulfide) groups is 1. The zero-order valence-corrected chi connectivity index (χ0v) is 12.7. The van der Waals surface area contributed by atoms with Crippen molar-refractivity contribution in [2.75, 3.05) is 18.1 Å². The maximum Gasteiger partial charge on any atom is 0.132 e. The Hall–Kier alpha value is -1.71. The van der Waals surface area contributed by atoms with Crippen LogP contribution in [0.25, 0.3) is 0 Å². The van der Waals surface area contributed by atoms with E-state index in [1.165, 1.54) is 11.1 Å². The number of ether oxygens (including phenoxy) is 1. The Morgan fingerprint density at radius 3 is 2.29 bits per heavy atom. The molecule has 2 nitrogen and oxygen atoms in total. The van der Waals surface area contributed by atoms with Gasteiger partial charge in [0.25, 0.3) is 0 Å². The van der Waals surface area contributed by atoms with Crippen LogP contribution in [0.5, 0.6) is 11.5 Å². The fourth-order valence-corrected chi connectivity index (χ4v) is 3.17. The summed E-state index contributed by atoms with van der Waals surface area (Å²) in [5.74, 6) is 3.98. The molecule has 0 bridgehead atoms. The zero-order valence-electron chi connectivity index (χ0n) is 11.9. The van der Waals surface area contributed by atoms with E-state index in [1.54, 1.807) is 0 Å². The van der Waals surface area contributed by atoms with Crippen molar-refractivity contribution in [1.82, 2.24) is 5.32 Å². The van der Waals surface area contributed by atoms with E-state index in [0.29, 0.717) is 0 Å². The minimum atomic E-state index is 0.204. The highest BCUT2D eigenvalue weighted by atomic mass is 32.2. The highest BCUT2D eigenvalue weighted by Gasteiger charge is 2.25. The normalized spacial score (nSPS) is 13.1. The lowest BCUT2D eigenvalue weighted by Crippen LogP contribution is -2.27. The molecule has 2 aromatic rings. The molecule has 1 aliphatic heterocycles. The van der Waals surface area contributed by atoms with Crippen LogP contribution in [0.15, 0.2) is 61.2 Å². The Bertz CT molecular complexity index is 581. The third-order valence-electron chi connectivity index (χ3n) is 3.51. The first kappa shape index (κ1) is 14.2. The van der Waals surface area contributed by atoms with Crippen LogP contribution in [0.3, 0.4) is 0 Å². The van der Waals surface area contributed by atoms with Crippen LogP contribution in [0.4, 0.5) is 0 Å². The molecule has 0 saturated heterocycles. The van der Waals surface area contributed by atoms with E-state index in [0.717, 1.165) is 29.5 Å². The summed E-state index contributed by atoms with van der Waals surface area (Å²) >= 11 is 1.89. The van der Waals surface area contributed by atoms with Crippen molar-refractivity contribution in [1.29, 1.82) is 0 Å². The van der Waals surface area contributed by atoms with Crippen molar-refractivity contribution < 1.29 is 4.74 Å². The average Bonchev–Trinajstić information content (AvgIpc) is 2.53. The van der Waals surface area contributed by atoms with Gasteiger partial charge in [0.05, 0.1) is 6.04 Å². The van der Waals surface area contributed by atoms with E-state index < -0.39 is 0 Å². The van der Waals surface area contributed by atoms with Gasteiger partial charge in [-0.2, -0.15) is 11.8 Å². The highest BCUT2D eigenvalue weighted by Crippen LogP contribution is 2.42. The molecule has 0 atom stereocenters. The largest absolute Gasteiger partial charge is 0.457 e. The van der Waals surface area contributed by atoms with Crippen molar-refractivity contribution in [3.05, 3.63) is 72.3 Å². The van der Waals surface area contributed by atoms with E-state index in [1.807, 2.05) is 42.1 Å². The third-order valence-corrected chi connectivity index (χ3v) is 4.47. The summed E-state index contributed by atoms with van der Waals surface area (Å²) in [7, 11) is 0. The van der Waals surface area contributed by atoms with E-state index in [2.05, 4.69) is 36.2 Å². The van der Waals surface area contributed by atoms with E-state index in [9.17, 15) is 0 Å². The molecule has 0 amide bonds. The summed E-state index contributed by atoms with van der Waals surface area (Å²) < 4.78 is 5.99. The third kappa shape index (κ3) is 3.14. The quantitative estimate of drug-likeness (QED) is 0.631. The van der Waals surface area contributed by atoms with Gasteiger partial charge in [-0.1, -0.05) is 42.5 Å². The molecule has 108 valence electrons. The average molecular weight is 297 g/mol. The van der Waals surface area contributed by atoms with Gasteiger partial charge in [0.1, 0.15) is 11.5 Å². The minimum Gasteiger partial charge on any atom is -0.457 e. The Kier molecular flexibility index (Phi) is 4.63. The summed E-state index contributed by atoms with van der Waals surface area (Å²) in [4.78, 5) is 0. The Balaban J connectivity index is 1.80. The van der Waals surface area contributed by atoms with Gasteiger partial charge in [-0.25, -0.2) is 0 Å². The van der Waals surface area contributed by atoms with Crippen LogP contribution in [0, 0.1) is 0 Å². The van der Waals surface area contributed by atoms with E-state index in [-0.39, 0.29) is 6.04 Å². The second-order valence-corrected chi connectivity index (χ2v) is 6.08. The van der Waals surface area contributed by atoms with Gasteiger partial charge in [-0.3, -0.25) is 0 Å². The van der Waals surface area contributed by atoms with Gasteiger partial charge in [0.2, 0.25) is 0 Å². The summed E-state index contributed by atoms with van der Waals surface area (Å²) in [6, 6.07) is 16.7. The second kappa shape index (κ2) is 6.83. The standard InChI is InChI=1S/C18H19NOS/c1-2-12-21-13-11-19-18-14-7-3-5-9-16(14)20-17-10-6-4-8-15(17)18/h2-10,18-19H,1,11-13H2. The van der Waals surface area contributed by atoms with Crippen molar-refractivity contribution in [3.8, 4) is 11.5 Å². The van der Waals surface area contributed by atoms with E-state index >= 15 is 0 Å². The number of benzene rings is 2. The maximum absolute atomic E-state index is 5.99. The molecule has 3 heteroatoms. The number of nitrogens with one attached hydrogen (secondary N) is 1. The summed E-state index contributed by atoms with van der Waals surface area (Å²) in [5, 5.41) is 3.66. The van der Waals surface area contributed by atoms with Crippen LogP contribution in [0.2, 0.25) is 0 Å². The number of para-hydroxylation sites is 2. The highest BCUT2D eigenvalue weighted by molar-refractivity contribution is 7.99. The van der Waals surface area contributed by atoms with Gasteiger partial charge < -0.3 is 10.1 Å².